The molecular formula is C110H80BN5S. The molecule has 17 aromatic carbocycles. The summed E-state index contributed by atoms with van der Waals surface area (Å²) in [4.78, 5) is 5.41. The highest BCUT2D eigenvalue weighted by Crippen LogP contribution is 2.55. The topological polar surface area (TPSA) is 21.3 Å². The van der Waals surface area contributed by atoms with Gasteiger partial charge in [0.05, 0.1) is 44.5 Å². The van der Waals surface area contributed by atoms with E-state index < -0.39 is 0 Å². The summed E-state index contributed by atoms with van der Waals surface area (Å²) in [6.45, 7) is 14.0. The maximum atomic E-state index is 2.70. The summed E-state index contributed by atoms with van der Waals surface area (Å²) < 4.78 is 10.2. The third-order valence-corrected chi connectivity index (χ3v) is 26.2. The van der Waals surface area contributed by atoms with Crippen molar-refractivity contribution in [3.05, 3.63) is 387 Å². The van der Waals surface area contributed by atoms with E-state index in [1.807, 2.05) is 11.3 Å². The second-order valence-corrected chi connectivity index (χ2v) is 35.0. The van der Waals surface area contributed by atoms with Gasteiger partial charge in [0.15, 0.2) is 0 Å². The van der Waals surface area contributed by atoms with E-state index in [9.17, 15) is 0 Å². The molecule has 0 fully saturated rings. The molecule has 0 N–H and O–H groups in total. The molecule has 2 aliphatic rings. The third kappa shape index (κ3) is 10.8. The Morgan fingerprint density at radius 1 is 0.239 bits per heavy atom. The highest BCUT2D eigenvalue weighted by molar-refractivity contribution is 7.26. The number of fused-ring (bicyclic) bond motifs is 16. The predicted molar refractivity (Wildman–Crippen MR) is 501 cm³/mol. The summed E-state index contributed by atoms with van der Waals surface area (Å²) in [5, 5.41) is 9.81. The lowest BCUT2D eigenvalue weighted by Gasteiger charge is -2.45. The van der Waals surface area contributed by atoms with Crippen molar-refractivity contribution in [1.29, 1.82) is 0 Å². The summed E-state index contributed by atoms with van der Waals surface area (Å²) >= 11 is 1.88. The minimum atomic E-state index is -0.297. The van der Waals surface area contributed by atoms with Crippen molar-refractivity contribution in [3.63, 3.8) is 0 Å². The van der Waals surface area contributed by atoms with E-state index in [-0.39, 0.29) is 17.5 Å². The average molecular weight is 1510 g/mol. The van der Waals surface area contributed by atoms with Crippen LogP contribution in [0.5, 0.6) is 0 Å². The van der Waals surface area contributed by atoms with E-state index >= 15 is 0 Å². The van der Waals surface area contributed by atoms with E-state index in [2.05, 4.69) is 441 Å². The Labute approximate surface area is 685 Å². The number of benzene rings is 17. The maximum absolute atomic E-state index is 2.70. The Balaban J connectivity index is 0.931. The van der Waals surface area contributed by atoms with Crippen LogP contribution in [0.3, 0.4) is 0 Å². The van der Waals surface area contributed by atoms with Gasteiger partial charge >= 0.3 is 0 Å². The molecule has 2 aliphatic heterocycles. The second-order valence-electron chi connectivity index (χ2n) is 33.9. The summed E-state index contributed by atoms with van der Waals surface area (Å²) in [6.07, 6.45) is 0. The van der Waals surface area contributed by atoms with Crippen LogP contribution in [-0.2, 0) is 10.8 Å². The first-order valence-corrected chi connectivity index (χ1v) is 41.7. The predicted octanol–water partition coefficient (Wildman–Crippen LogP) is 28.4. The first-order valence-electron chi connectivity index (χ1n) is 40.9. The minimum absolute atomic E-state index is 0.260. The Bertz CT molecular complexity index is 7510. The number of nitrogens with zero attached hydrogens (tertiary/aromatic N) is 5. The van der Waals surface area contributed by atoms with Gasteiger partial charge in [-0.3, -0.25) is 0 Å². The Morgan fingerprint density at radius 3 is 1.20 bits per heavy atom. The van der Waals surface area contributed by atoms with E-state index in [1.165, 1.54) is 91.1 Å². The van der Waals surface area contributed by atoms with Crippen molar-refractivity contribution >= 4 is 154 Å². The molecule has 4 aromatic heterocycles. The maximum Gasteiger partial charge on any atom is 0.252 e. The number of hydrogen-bond acceptors (Lipinski definition) is 3. The van der Waals surface area contributed by atoms with Crippen molar-refractivity contribution in [2.75, 3.05) is 9.80 Å². The molecule has 0 unspecified atom stereocenters. The molecule has 23 rings (SSSR count). The number of para-hydroxylation sites is 6. The van der Waals surface area contributed by atoms with Crippen LogP contribution >= 0.6 is 11.3 Å². The lowest BCUT2D eigenvalue weighted by molar-refractivity contribution is 0.590. The van der Waals surface area contributed by atoms with Crippen molar-refractivity contribution < 1.29 is 0 Å². The van der Waals surface area contributed by atoms with Crippen LogP contribution in [0, 0.1) is 0 Å². The number of hydrogen-bond donors (Lipinski definition) is 0. The van der Waals surface area contributed by atoms with Gasteiger partial charge in [-0.1, -0.05) is 296 Å². The summed E-state index contributed by atoms with van der Waals surface area (Å²) in [6, 6.07) is 143. The van der Waals surface area contributed by atoms with E-state index in [1.54, 1.807) is 0 Å². The Hall–Kier alpha value is -14.0. The zero-order chi connectivity index (χ0) is 78.1. The second kappa shape index (κ2) is 26.3. The van der Waals surface area contributed by atoms with Crippen LogP contribution in [0.2, 0.25) is 0 Å². The van der Waals surface area contributed by atoms with Crippen molar-refractivity contribution in [2.45, 2.75) is 52.4 Å². The van der Waals surface area contributed by atoms with Crippen molar-refractivity contribution in [3.8, 4) is 72.7 Å². The van der Waals surface area contributed by atoms with Gasteiger partial charge < -0.3 is 23.5 Å². The lowest BCUT2D eigenvalue weighted by Crippen LogP contribution is -2.61. The largest absolute Gasteiger partial charge is 0.311 e. The normalized spacial score (nSPS) is 12.8. The molecule has 6 heterocycles. The van der Waals surface area contributed by atoms with Gasteiger partial charge in [-0.2, -0.15) is 0 Å². The van der Waals surface area contributed by atoms with Crippen LogP contribution in [-0.4, -0.2) is 20.4 Å². The molecule has 7 heteroatoms. The molecule has 117 heavy (non-hydrogen) atoms. The number of anilines is 6. The smallest absolute Gasteiger partial charge is 0.252 e. The van der Waals surface area contributed by atoms with Crippen LogP contribution in [0.1, 0.15) is 52.7 Å². The SMILES string of the molecule is CC(C)(C)c1cc(-c2ccccc2)cc(N2c3cc(-n4c5ccccc5c5ccccc54)ccc3B3c4ccc(-n5c6ccccc6c6ccccc65)cc4N(c4ccc(-c5ccccc5)cc4-c4ccccc4)c4cc(-c5c(-c6cccc7sc8ccccc8c67)cc(C(C)(C)C)cc5-n5c6ccccc6c6ccccc65)cc2c43)c1. The lowest BCUT2D eigenvalue weighted by atomic mass is 9.33. The number of aromatic nitrogens is 3. The number of thiophene rings is 1. The highest BCUT2D eigenvalue weighted by atomic mass is 32.1. The standard InChI is InChI=1S/C110H80BN5S/c1-109(2,3)75-59-73(70-33-12-8-13-34-70)60-79(64-75)114-99-67-77(112-92-45-23-16-37-80(92)81-38-17-24-46-93(81)112)54-56-90(99)111-91-57-55-78(113-94-47-25-18-39-82(94)83-40-19-26-48-95(83)113)68-100(91)116(98-58-53-72(69-31-10-7-11-32-69)61-88(98)71-35-14-9-15-36-71)103-63-74(62-102(114)108(103)111)106-89(86-44-30-52-105-107(86)87-43-22-29-51-104(87)117-105)65-76(110(4,5)6)66-101(106)115-96-49-27-20-41-84(96)85-42-21-28-50-97(85)115/h7-68H,1-6H3. The van der Waals surface area contributed by atoms with Crippen LogP contribution in [0.4, 0.5) is 34.1 Å². The fraction of sp³-hybridized carbons (Fsp3) is 0.0727. The molecular weight excluding hydrogens is 1430 g/mol. The monoisotopic (exact) mass is 1510 g/mol. The van der Waals surface area contributed by atoms with Gasteiger partial charge in [0.1, 0.15) is 0 Å². The molecule has 0 amide bonds. The fourth-order valence-electron chi connectivity index (χ4n) is 19.6. The first-order chi connectivity index (χ1) is 57.3. The van der Waals surface area contributed by atoms with E-state index in [0.29, 0.717) is 0 Å². The average Bonchev–Trinajstić information content (AvgIpc) is 1.12. The van der Waals surface area contributed by atoms with Crippen molar-refractivity contribution in [1.82, 2.24) is 13.7 Å². The molecule has 0 saturated heterocycles. The Morgan fingerprint density at radius 2 is 0.675 bits per heavy atom. The molecule has 21 aromatic rings. The van der Waals surface area contributed by atoms with Crippen LogP contribution < -0.4 is 26.2 Å². The van der Waals surface area contributed by atoms with Gasteiger partial charge in [-0.05, 0) is 204 Å². The molecule has 0 saturated carbocycles. The minimum Gasteiger partial charge on any atom is -0.311 e. The Kier molecular flexibility index (Phi) is 15.4. The summed E-state index contributed by atoms with van der Waals surface area (Å²) in [7, 11) is 0. The zero-order valence-electron chi connectivity index (χ0n) is 66.0. The quantitative estimate of drug-likeness (QED) is 0.127. The number of rotatable bonds is 10. The van der Waals surface area contributed by atoms with Gasteiger partial charge in [-0.15, -0.1) is 11.3 Å². The first kappa shape index (κ1) is 68.6. The molecule has 0 atom stereocenters. The van der Waals surface area contributed by atoms with Gasteiger partial charge in [0, 0.05) is 103 Å². The molecule has 0 aliphatic carbocycles. The summed E-state index contributed by atoms with van der Waals surface area (Å²) in [5.41, 5.74) is 33.8. The van der Waals surface area contributed by atoms with E-state index in [4.69, 9.17) is 0 Å². The molecule has 0 spiro atoms. The van der Waals surface area contributed by atoms with Gasteiger partial charge in [0.25, 0.3) is 6.71 Å². The molecule has 0 bridgehead atoms. The summed E-state index contributed by atoms with van der Waals surface area (Å²) in [5.74, 6) is 0. The fourth-order valence-corrected chi connectivity index (χ4v) is 20.8. The highest BCUT2D eigenvalue weighted by Gasteiger charge is 2.46. The van der Waals surface area contributed by atoms with E-state index in [0.717, 1.165) is 129 Å². The third-order valence-electron chi connectivity index (χ3n) is 25.1. The molecule has 0 radical (unpaired) electrons. The van der Waals surface area contributed by atoms with Gasteiger partial charge in [0.2, 0.25) is 0 Å². The molecule has 554 valence electrons. The van der Waals surface area contributed by atoms with Crippen molar-refractivity contribution in [2.24, 2.45) is 0 Å². The zero-order valence-corrected chi connectivity index (χ0v) is 66.8. The van der Waals surface area contributed by atoms with Crippen LogP contribution in [0.25, 0.3) is 158 Å². The van der Waals surface area contributed by atoms with Gasteiger partial charge in [-0.25, -0.2) is 0 Å². The van der Waals surface area contributed by atoms with Crippen LogP contribution in [0.15, 0.2) is 376 Å². The molecule has 5 nitrogen and oxygen atoms in total.